The van der Waals surface area contributed by atoms with Crippen LogP contribution < -0.4 is 5.32 Å². The Balaban J connectivity index is 1.04. The molecular weight excluding hydrogens is 641 g/mol. The second-order valence-electron chi connectivity index (χ2n) is 12.8. The van der Waals surface area contributed by atoms with Crippen LogP contribution >= 0.6 is 11.3 Å². The minimum Gasteiger partial charge on any atom is -0.456 e. The summed E-state index contributed by atoms with van der Waals surface area (Å²) >= 11 is 1.84. The van der Waals surface area contributed by atoms with Crippen LogP contribution in [0, 0.1) is 0 Å². The Morgan fingerprint density at radius 1 is 0.451 bits per heavy atom. The molecule has 3 aromatic heterocycles. The van der Waals surface area contributed by atoms with Gasteiger partial charge < -0.3 is 9.73 Å². The predicted octanol–water partition coefficient (Wildman–Crippen LogP) is 13.8. The molecule has 0 atom stereocenters. The summed E-state index contributed by atoms with van der Waals surface area (Å²) in [5.41, 5.74) is 12.5. The number of nitrogens with one attached hydrogen (secondary N) is 1. The molecule has 10 aromatic rings. The normalized spacial score (nSPS) is 11.5. The van der Waals surface area contributed by atoms with Gasteiger partial charge in [0.25, 0.3) is 0 Å². The molecule has 0 bridgehead atoms. The zero-order valence-electron chi connectivity index (χ0n) is 27.5. The third kappa shape index (κ3) is 5.16. The lowest BCUT2D eigenvalue weighted by molar-refractivity contribution is 0.669. The molecular formula is C47H30N2OS. The van der Waals surface area contributed by atoms with E-state index in [2.05, 4.69) is 163 Å². The van der Waals surface area contributed by atoms with E-state index in [-0.39, 0.29) is 0 Å². The van der Waals surface area contributed by atoms with Crippen molar-refractivity contribution in [2.45, 2.75) is 0 Å². The first-order chi connectivity index (χ1) is 25.3. The lowest BCUT2D eigenvalue weighted by Gasteiger charge is -2.14. The van der Waals surface area contributed by atoms with Crippen molar-refractivity contribution in [3.05, 3.63) is 176 Å². The Labute approximate surface area is 299 Å². The second kappa shape index (κ2) is 12.1. The number of rotatable bonds is 6. The summed E-state index contributed by atoms with van der Waals surface area (Å²) in [6.45, 7) is 0. The summed E-state index contributed by atoms with van der Waals surface area (Å²) in [7, 11) is 0. The predicted molar refractivity (Wildman–Crippen MR) is 216 cm³/mol. The molecule has 0 unspecified atom stereocenters. The first-order valence-electron chi connectivity index (χ1n) is 17.1. The van der Waals surface area contributed by atoms with Crippen molar-refractivity contribution in [2.75, 3.05) is 5.32 Å². The molecule has 51 heavy (non-hydrogen) atoms. The van der Waals surface area contributed by atoms with Gasteiger partial charge in [0.05, 0.1) is 11.4 Å². The number of nitrogens with zero attached hydrogens (tertiary/aromatic N) is 1. The molecule has 0 amide bonds. The van der Waals surface area contributed by atoms with Crippen molar-refractivity contribution < 1.29 is 4.42 Å². The second-order valence-corrected chi connectivity index (χ2v) is 13.8. The monoisotopic (exact) mass is 670 g/mol. The number of hydrogen-bond acceptors (Lipinski definition) is 4. The molecule has 7 aromatic carbocycles. The highest BCUT2D eigenvalue weighted by molar-refractivity contribution is 7.26. The Kier molecular flexibility index (Phi) is 7.00. The molecule has 0 saturated carbocycles. The van der Waals surface area contributed by atoms with Gasteiger partial charge in [0.1, 0.15) is 11.2 Å². The van der Waals surface area contributed by atoms with Crippen LogP contribution in [0.1, 0.15) is 0 Å². The van der Waals surface area contributed by atoms with Gasteiger partial charge in [0.2, 0.25) is 0 Å². The quantitative estimate of drug-likeness (QED) is 0.191. The smallest absolute Gasteiger partial charge is 0.136 e. The number of aromatic nitrogens is 1. The van der Waals surface area contributed by atoms with Crippen LogP contribution in [0.5, 0.6) is 0 Å². The minimum absolute atomic E-state index is 0.890. The van der Waals surface area contributed by atoms with Gasteiger partial charge in [-0.2, -0.15) is 0 Å². The molecule has 0 spiro atoms. The van der Waals surface area contributed by atoms with Crippen LogP contribution in [0.25, 0.3) is 86.9 Å². The molecule has 0 fully saturated rings. The van der Waals surface area contributed by atoms with Gasteiger partial charge in [-0.3, -0.25) is 0 Å². The molecule has 0 aliphatic heterocycles. The van der Waals surface area contributed by atoms with Crippen molar-refractivity contribution in [3.63, 3.8) is 0 Å². The van der Waals surface area contributed by atoms with Crippen molar-refractivity contribution >= 4 is 64.8 Å². The van der Waals surface area contributed by atoms with Crippen LogP contribution in [0.2, 0.25) is 0 Å². The molecule has 10 rings (SSSR count). The van der Waals surface area contributed by atoms with E-state index in [4.69, 9.17) is 9.40 Å². The number of anilines is 2. The van der Waals surface area contributed by atoms with E-state index < -0.39 is 0 Å². The number of fused-ring (bicyclic) bond motifs is 6. The molecule has 3 nitrogen and oxygen atoms in total. The minimum atomic E-state index is 0.890. The average Bonchev–Trinajstić information content (AvgIpc) is 3.77. The average molecular weight is 671 g/mol. The molecule has 3 heterocycles. The van der Waals surface area contributed by atoms with E-state index in [9.17, 15) is 0 Å². The third-order valence-electron chi connectivity index (χ3n) is 9.69. The fourth-order valence-electron chi connectivity index (χ4n) is 7.27. The lowest BCUT2D eigenvalue weighted by Crippen LogP contribution is -1.95. The number of thiophene rings is 1. The summed E-state index contributed by atoms with van der Waals surface area (Å²) in [6.07, 6.45) is 0. The first kappa shape index (κ1) is 29.4. The van der Waals surface area contributed by atoms with Crippen molar-refractivity contribution in [3.8, 4) is 44.8 Å². The van der Waals surface area contributed by atoms with Crippen LogP contribution in [0.4, 0.5) is 11.4 Å². The maximum absolute atomic E-state index is 6.21. The van der Waals surface area contributed by atoms with Gasteiger partial charge in [-0.05, 0) is 65.2 Å². The van der Waals surface area contributed by atoms with Gasteiger partial charge in [0, 0.05) is 59.0 Å². The highest BCUT2D eigenvalue weighted by atomic mass is 32.1. The van der Waals surface area contributed by atoms with E-state index in [1.54, 1.807) is 0 Å². The maximum Gasteiger partial charge on any atom is 0.136 e. The van der Waals surface area contributed by atoms with E-state index in [1.165, 1.54) is 25.7 Å². The Morgan fingerprint density at radius 2 is 1.12 bits per heavy atom. The van der Waals surface area contributed by atoms with Crippen molar-refractivity contribution in [1.82, 2.24) is 4.98 Å². The highest BCUT2D eigenvalue weighted by Gasteiger charge is 2.16. The molecule has 0 saturated heterocycles. The number of pyridine rings is 1. The number of hydrogen-bond donors (Lipinski definition) is 1. The van der Waals surface area contributed by atoms with Gasteiger partial charge in [-0.15, -0.1) is 11.3 Å². The highest BCUT2D eigenvalue weighted by Crippen LogP contribution is 2.42. The first-order valence-corrected chi connectivity index (χ1v) is 17.9. The fraction of sp³-hybridized carbons (Fsp3) is 0. The Hall–Kier alpha value is -6.49. The zero-order valence-corrected chi connectivity index (χ0v) is 28.3. The zero-order chi connectivity index (χ0) is 33.7. The van der Waals surface area contributed by atoms with Crippen molar-refractivity contribution in [2.24, 2.45) is 0 Å². The SMILES string of the molecule is c1ccc(-c2cc(-c3ccc(Nc4ccccc4-c4cccc5oc6ccccc6c45)cc3)nc(-c3cccc4c3sc3ccccc34)c2)cc1. The van der Waals surface area contributed by atoms with E-state index in [0.29, 0.717) is 0 Å². The summed E-state index contributed by atoms with van der Waals surface area (Å²) in [4.78, 5) is 5.31. The van der Waals surface area contributed by atoms with Crippen LogP contribution in [-0.4, -0.2) is 4.98 Å². The standard InChI is InChI=1S/C47H30N2OS/c1-2-12-30(13-3-1)32-28-41(49-42(29-32)38-19-10-18-37-35-15-6-9-23-45(35)51-47(37)38)31-24-26-33(27-25-31)48-40-20-7-4-14-34(40)36-17-11-22-44-46(36)39-16-5-8-21-43(39)50-44/h1-29,48H. The van der Waals surface area contributed by atoms with E-state index in [1.807, 2.05) is 29.5 Å². The number of benzene rings is 7. The molecule has 0 aliphatic carbocycles. The molecule has 240 valence electrons. The largest absolute Gasteiger partial charge is 0.456 e. The van der Waals surface area contributed by atoms with E-state index >= 15 is 0 Å². The van der Waals surface area contributed by atoms with Crippen LogP contribution in [-0.2, 0) is 0 Å². The fourth-order valence-corrected chi connectivity index (χ4v) is 8.49. The molecule has 4 heteroatoms. The molecule has 1 N–H and O–H groups in total. The van der Waals surface area contributed by atoms with Gasteiger partial charge in [-0.25, -0.2) is 4.98 Å². The number of para-hydroxylation sites is 2. The number of furan rings is 1. The lowest BCUT2D eigenvalue weighted by atomic mass is 9.97. The van der Waals surface area contributed by atoms with Gasteiger partial charge in [-0.1, -0.05) is 127 Å². The summed E-state index contributed by atoms with van der Waals surface area (Å²) in [5.74, 6) is 0. The Bertz CT molecular complexity index is 2890. The topological polar surface area (TPSA) is 38.1 Å². The molecule has 0 aliphatic rings. The Morgan fingerprint density at radius 3 is 2.02 bits per heavy atom. The summed E-state index contributed by atoms with van der Waals surface area (Å²) in [5, 5.41) is 8.52. The van der Waals surface area contributed by atoms with Gasteiger partial charge >= 0.3 is 0 Å². The van der Waals surface area contributed by atoms with Crippen LogP contribution in [0.15, 0.2) is 180 Å². The van der Waals surface area contributed by atoms with Crippen molar-refractivity contribution in [1.29, 1.82) is 0 Å². The van der Waals surface area contributed by atoms with Crippen LogP contribution in [0.3, 0.4) is 0 Å². The van der Waals surface area contributed by atoms with E-state index in [0.717, 1.165) is 72.5 Å². The van der Waals surface area contributed by atoms with Gasteiger partial charge in [0.15, 0.2) is 0 Å². The summed E-state index contributed by atoms with van der Waals surface area (Å²) in [6, 6.07) is 61.9. The molecule has 0 radical (unpaired) electrons. The maximum atomic E-state index is 6.21. The third-order valence-corrected chi connectivity index (χ3v) is 10.9. The summed E-state index contributed by atoms with van der Waals surface area (Å²) < 4.78 is 8.76.